The fraction of sp³-hybridized carbons (Fsp3) is 0.389. The number of morpholine rings is 1. The molecule has 1 radical (unpaired) electrons. The minimum absolute atomic E-state index is 0.710. The third-order valence-corrected chi connectivity index (χ3v) is 4.06. The van der Waals surface area contributed by atoms with Crippen LogP contribution in [0.1, 0.15) is 0 Å². The van der Waals surface area contributed by atoms with Crippen molar-refractivity contribution in [1.29, 1.82) is 0 Å². The minimum atomic E-state index is 0.710. The first-order valence-corrected chi connectivity index (χ1v) is 8.13. The monoisotopic (exact) mass is 309 g/mol. The van der Waals surface area contributed by atoms with Gasteiger partial charge >= 0.3 is 0 Å². The second-order valence-corrected chi connectivity index (χ2v) is 5.62. The highest BCUT2D eigenvalue weighted by molar-refractivity contribution is 6.51. The lowest BCUT2D eigenvalue weighted by atomic mass is 9.74. The van der Waals surface area contributed by atoms with Crippen molar-refractivity contribution in [2.75, 3.05) is 39.5 Å². The lowest BCUT2D eigenvalue weighted by Crippen LogP contribution is -2.38. The molecule has 0 unspecified atom stereocenters. The van der Waals surface area contributed by atoms with Gasteiger partial charge in [-0.3, -0.25) is 9.88 Å². The van der Waals surface area contributed by atoms with Crippen LogP contribution in [0, 0.1) is 0 Å². The van der Waals surface area contributed by atoms with Gasteiger partial charge in [-0.05, 0) is 23.3 Å². The normalized spacial score (nSPS) is 15.3. The molecule has 2 heterocycles. The molecule has 0 spiro atoms. The fourth-order valence-corrected chi connectivity index (χ4v) is 2.63. The molecule has 2 aromatic rings. The van der Waals surface area contributed by atoms with Gasteiger partial charge in [0, 0.05) is 32.0 Å². The van der Waals surface area contributed by atoms with Gasteiger partial charge < -0.3 is 9.47 Å². The van der Waals surface area contributed by atoms with Gasteiger partial charge in [-0.15, -0.1) is 0 Å². The quantitative estimate of drug-likeness (QED) is 0.763. The second kappa shape index (κ2) is 8.13. The largest absolute Gasteiger partial charge is 0.492 e. The second-order valence-electron chi connectivity index (χ2n) is 5.62. The maximum atomic E-state index is 5.84. The molecule has 4 nitrogen and oxygen atoms in total. The predicted octanol–water partition coefficient (Wildman–Crippen LogP) is 1.84. The molecule has 3 rings (SSSR count). The molecule has 119 valence electrons. The summed E-state index contributed by atoms with van der Waals surface area (Å²) < 4.78 is 11.2. The predicted molar refractivity (Wildman–Crippen MR) is 93.7 cm³/mol. The molecule has 5 heteroatoms. The van der Waals surface area contributed by atoms with Gasteiger partial charge in [0.25, 0.3) is 0 Å². The Morgan fingerprint density at radius 2 is 1.91 bits per heavy atom. The van der Waals surface area contributed by atoms with Crippen molar-refractivity contribution in [3.05, 3.63) is 42.7 Å². The molecule has 1 aliphatic heterocycles. The van der Waals surface area contributed by atoms with Gasteiger partial charge in [0.1, 0.15) is 19.6 Å². The number of hydrogen-bond acceptors (Lipinski definition) is 4. The van der Waals surface area contributed by atoms with Gasteiger partial charge in [0.2, 0.25) is 0 Å². The highest BCUT2D eigenvalue weighted by Gasteiger charge is 2.09. The van der Waals surface area contributed by atoms with Gasteiger partial charge in [-0.1, -0.05) is 30.5 Å². The zero-order chi connectivity index (χ0) is 15.9. The third kappa shape index (κ3) is 4.56. The Kier molecular flexibility index (Phi) is 5.67. The number of rotatable bonds is 6. The SMILES string of the molecule is C[B]c1cncc(-c2ccc(OCCN3CCOCC3)cc2)c1. The van der Waals surface area contributed by atoms with Crippen molar-refractivity contribution in [3.8, 4) is 16.9 Å². The first kappa shape index (κ1) is 16.0. The summed E-state index contributed by atoms with van der Waals surface area (Å²) in [6, 6.07) is 10.4. The molecule has 1 aliphatic rings. The molecule has 1 aromatic heterocycles. The Morgan fingerprint density at radius 1 is 1.13 bits per heavy atom. The minimum Gasteiger partial charge on any atom is -0.492 e. The van der Waals surface area contributed by atoms with Crippen LogP contribution in [0.2, 0.25) is 6.82 Å². The van der Waals surface area contributed by atoms with E-state index in [0.717, 1.165) is 55.2 Å². The van der Waals surface area contributed by atoms with E-state index < -0.39 is 0 Å². The molecular weight excluding hydrogens is 287 g/mol. The topological polar surface area (TPSA) is 34.6 Å². The van der Waals surface area contributed by atoms with Crippen molar-refractivity contribution < 1.29 is 9.47 Å². The van der Waals surface area contributed by atoms with Crippen LogP contribution in [0.3, 0.4) is 0 Å². The van der Waals surface area contributed by atoms with Crippen molar-refractivity contribution >= 4 is 12.7 Å². The molecule has 0 amide bonds. The highest BCUT2D eigenvalue weighted by Crippen LogP contribution is 2.21. The molecular formula is C18H22BN2O2. The van der Waals surface area contributed by atoms with Gasteiger partial charge in [-0.2, -0.15) is 0 Å². The van der Waals surface area contributed by atoms with E-state index in [9.17, 15) is 0 Å². The van der Waals surface area contributed by atoms with Crippen molar-refractivity contribution in [2.24, 2.45) is 0 Å². The van der Waals surface area contributed by atoms with E-state index in [4.69, 9.17) is 9.47 Å². The first-order chi connectivity index (χ1) is 11.3. The number of hydrogen-bond donors (Lipinski definition) is 0. The van der Waals surface area contributed by atoms with Crippen LogP contribution in [0.15, 0.2) is 42.7 Å². The summed E-state index contributed by atoms with van der Waals surface area (Å²) in [5.74, 6) is 0.910. The van der Waals surface area contributed by atoms with E-state index in [-0.39, 0.29) is 0 Å². The molecule has 1 fully saturated rings. The highest BCUT2D eigenvalue weighted by atomic mass is 16.5. The van der Waals surface area contributed by atoms with Gasteiger partial charge in [-0.25, -0.2) is 0 Å². The Bertz CT molecular complexity index is 613. The van der Waals surface area contributed by atoms with Crippen molar-refractivity contribution in [1.82, 2.24) is 9.88 Å². The molecule has 1 aromatic carbocycles. The zero-order valence-electron chi connectivity index (χ0n) is 13.6. The Balaban J connectivity index is 1.54. The average molecular weight is 309 g/mol. The number of benzene rings is 1. The van der Waals surface area contributed by atoms with E-state index in [0.29, 0.717) is 6.61 Å². The summed E-state index contributed by atoms with van der Waals surface area (Å²) in [5.41, 5.74) is 3.41. The molecule has 1 saturated heterocycles. The molecule has 0 aliphatic carbocycles. The van der Waals surface area contributed by atoms with Crippen LogP contribution >= 0.6 is 0 Å². The standard InChI is InChI=1S/C18H22BN2O2/c1-19-17-12-16(13-20-14-17)15-2-4-18(5-3-15)23-11-8-21-6-9-22-10-7-21/h2-5,12-14H,6-11H2,1H3. The first-order valence-electron chi connectivity index (χ1n) is 8.13. The van der Waals surface area contributed by atoms with Gasteiger partial charge in [0.15, 0.2) is 0 Å². The summed E-state index contributed by atoms with van der Waals surface area (Å²) in [6.45, 7) is 7.34. The lowest BCUT2D eigenvalue weighted by Gasteiger charge is -2.26. The molecule has 0 saturated carbocycles. The Morgan fingerprint density at radius 3 is 2.65 bits per heavy atom. The average Bonchev–Trinajstić information content (AvgIpc) is 2.63. The van der Waals surface area contributed by atoms with Crippen molar-refractivity contribution in [2.45, 2.75) is 6.82 Å². The van der Waals surface area contributed by atoms with Crippen LogP contribution in [0.5, 0.6) is 5.75 Å². The smallest absolute Gasteiger partial charge is 0.150 e. The molecule has 0 atom stereocenters. The van der Waals surface area contributed by atoms with E-state index in [2.05, 4.69) is 35.4 Å². The van der Waals surface area contributed by atoms with Crippen LogP contribution in [-0.2, 0) is 4.74 Å². The number of pyridine rings is 1. The van der Waals surface area contributed by atoms with Crippen LogP contribution in [0.25, 0.3) is 11.1 Å². The Labute approximate surface area is 138 Å². The summed E-state index contributed by atoms with van der Waals surface area (Å²) in [7, 11) is 2.06. The van der Waals surface area contributed by atoms with Crippen LogP contribution in [0.4, 0.5) is 0 Å². The number of aromatic nitrogens is 1. The molecule has 0 N–H and O–H groups in total. The summed E-state index contributed by atoms with van der Waals surface area (Å²) in [6.07, 6.45) is 3.76. The number of ether oxygens (including phenoxy) is 2. The fourth-order valence-electron chi connectivity index (χ4n) is 2.63. The summed E-state index contributed by atoms with van der Waals surface area (Å²) in [4.78, 5) is 6.65. The molecule has 23 heavy (non-hydrogen) atoms. The zero-order valence-corrected chi connectivity index (χ0v) is 13.6. The maximum Gasteiger partial charge on any atom is 0.150 e. The van der Waals surface area contributed by atoms with Crippen molar-refractivity contribution in [3.63, 3.8) is 0 Å². The van der Waals surface area contributed by atoms with Crippen LogP contribution < -0.4 is 10.2 Å². The summed E-state index contributed by atoms with van der Waals surface area (Å²) >= 11 is 0. The van der Waals surface area contributed by atoms with E-state index in [1.165, 1.54) is 0 Å². The lowest BCUT2D eigenvalue weighted by molar-refractivity contribution is 0.0322. The maximum absolute atomic E-state index is 5.84. The summed E-state index contributed by atoms with van der Waals surface area (Å²) in [5, 5.41) is 0. The third-order valence-electron chi connectivity index (χ3n) is 4.06. The Hall–Kier alpha value is -1.85. The van der Waals surface area contributed by atoms with Gasteiger partial charge in [0.05, 0.1) is 13.2 Å². The molecule has 0 bridgehead atoms. The van der Waals surface area contributed by atoms with E-state index in [1.807, 2.05) is 31.3 Å². The number of nitrogens with zero attached hydrogens (tertiary/aromatic N) is 2. The van der Waals surface area contributed by atoms with E-state index in [1.54, 1.807) is 0 Å². The van der Waals surface area contributed by atoms with Crippen LogP contribution in [-0.4, -0.2) is 56.6 Å². The van der Waals surface area contributed by atoms with E-state index >= 15 is 0 Å².